The summed E-state index contributed by atoms with van der Waals surface area (Å²) in [6, 6.07) is 6.59. The third-order valence-corrected chi connectivity index (χ3v) is 7.53. The third kappa shape index (κ3) is 4.07. The standard InChI is InChI=1S/C27H30FN5O3/c1-35-26-19(28)5-2-6-20(26)31-25-22-23-17(12-30-27(22)34)4-3-10-33-11-8-16(14-33)15-36-21-13-29-9-7-18(21)24(25)32-23/h2,5-7,9,13,16-17,31-32H,3-4,8,10-12,14-15H2,1H3,(H,30,34)/t16-,17-/m1/s1. The van der Waals surface area contributed by atoms with Crippen LogP contribution in [-0.2, 0) is 0 Å². The molecule has 1 fully saturated rings. The lowest BCUT2D eigenvalue weighted by molar-refractivity contribution is 0.0939. The third-order valence-electron chi connectivity index (χ3n) is 7.53. The van der Waals surface area contributed by atoms with Crippen LogP contribution in [0.3, 0.4) is 0 Å². The van der Waals surface area contributed by atoms with Gasteiger partial charge in [-0.05, 0) is 50.6 Å². The van der Waals surface area contributed by atoms with Crippen LogP contribution in [0.25, 0.3) is 11.3 Å². The van der Waals surface area contributed by atoms with Gasteiger partial charge in [0.1, 0.15) is 5.75 Å². The van der Waals surface area contributed by atoms with Crippen LogP contribution in [0.5, 0.6) is 11.5 Å². The van der Waals surface area contributed by atoms with Crippen molar-refractivity contribution in [1.29, 1.82) is 0 Å². The first-order chi connectivity index (χ1) is 17.6. The van der Waals surface area contributed by atoms with E-state index in [0.29, 0.717) is 41.8 Å². The summed E-state index contributed by atoms with van der Waals surface area (Å²) < 4.78 is 26.2. The summed E-state index contributed by atoms with van der Waals surface area (Å²) >= 11 is 0. The Bertz CT molecular complexity index is 1290. The summed E-state index contributed by atoms with van der Waals surface area (Å²) in [5, 5.41) is 6.40. The van der Waals surface area contributed by atoms with Crippen molar-refractivity contribution in [1.82, 2.24) is 20.2 Å². The van der Waals surface area contributed by atoms with Gasteiger partial charge < -0.3 is 30.0 Å². The van der Waals surface area contributed by atoms with E-state index in [0.717, 1.165) is 55.8 Å². The molecule has 1 unspecified atom stereocenters. The monoisotopic (exact) mass is 491 g/mol. The number of fused-ring (bicyclic) bond motifs is 5. The van der Waals surface area contributed by atoms with E-state index in [4.69, 9.17) is 9.47 Å². The van der Waals surface area contributed by atoms with Crippen molar-refractivity contribution in [3.63, 3.8) is 0 Å². The zero-order chi connectivity index (χ0) is 24.6. The number of ether oxygens (including phenoxy) is 2. The second-order valence-electron chi connectivity index (χ2n) is 9.80. The molecule has 0 spiro atoms. The predicted molar refractivity (Wildman–Crippen MR) is 135 cm³/mol. The highest BCUT2D eigenvalue weighted by Gasteiger charge is 2.34. The molecule has 5 heterocycles. The fourth-order valence-corrected chi connectivity index (χ4v) is 5.71. The van der Waals surface area contributed by atoms with Crippen molar-refractivity contribution in [2.75, 3.05) is 45.2 Å². The number of H-pyrrole nitrogens is 1. The number of hydrogen-bond donors (Lipinski definition) is 3. The number of hydrogen-bond acceptors (Lipinski definition) is 6. The molecule has 1 aromatic carbocycles. The molecule has 3 aliphatic heterocycles. The summed E-state index contributed by atoms with van der Waals surface area (Å²) in [5.41, 5.74) is 3.98. The zero-order valence-electron chi connectivity index (χ0n) is 20.3. The van der Waals surface area contributed by atoms with Crippen molar-refractivity contribution in [3.8, 4) is 22.8 Å². The number of para-hydroxylation sites is 1. The molecule has 0 saturated carbocycles. The van der Waals surface area contributed by atoms with Crippen LogP contribution in [0.2, 0.25) is 0 Å². The van der Waals surface area contributed by atoms with Crippen LogP contribution in [0.1, 0.15) is 41.2 Å². The number of aromatic amines is 1. The van der Waals surface area contributed by atoms with Crippen LogP contribution in [0.4, 0.5) is 15.8 Å². The van der Waals surface area contributed by atoms with E-state index in [9.17, 15) is 9.18 Å². The van der Waals surface area contributed by atoms with Crippen molar-refractivity contribution >= 4 is 17.3 Å². The maximum atomic E-state index is 14.5. The fraction of sp³-hybridized carbons (Fsp3) is 0.407. The number of anilines is 2. The van der Waals surface area contributed by atoms with E-state index in [1.807, 2.05) is 6.07 Å². The van der Waals surface area contributed by atoms with Crippen LogP contribution in [-0.4, -0.2) is 60.7 Å². The normalized spacial score (nSPS) is 23.2. The van der Waals surface area contributed by atoms with Gasteiger partial charge in [-0.25, -0.2) is 4.39 Å². The Morgan fingerprint density at radius 1 is 1.25 bits per heavy atom. The minimum Gasteiger partial charge on any atom is -0.492 e. The van der Waals surface area contributed by atoms with E-state index in [-0.39, 0.29) is 17.6 Å². The molecule has 8 nitrogen and oxygen atoms in total. The average molecular weight is 492 g/mol. The molecular weight excluding hydrogens is 461 g/mol. The van der Waals surface area contributed by atoms with Crippen LogP contribution < -0.4 is 20.1 Å². The maximum Gasteiger partial charge on any atom is 0.255 e. The SMILES string of the molecule is COc1c(F)cccc1Nc1c2[nH]c3c1C(=O)NC[C@H]3CCCN1CC[C@@H](COc3cnccc3-2)C1. The number of nitrogens with zero attached hydrogens (tertiary/aromatic N) is 2. The number of methoxy groups -OCH3 is 1. The Morgan fingerprint density at radius 2 is 2.17 bits per heavy atom. The Hall–Kier alpha value is -3.59. The number of amides is 1. The lowest BCUT2D eigenvalue weighted by Gasteiger charge is -2.25. The van der Waals surface area contributed by atoms with E-state index >= 15 is 0 Å². The van der Waals surface area contributed by atoms with Gasteiger partial charge in [0, 0.05) is 42.4 Å². The number of carbonyl (C=O) groups is 1. The molecule has 188 valence electrons. The van der Waals surface area contributed by atoms with Gasteiger partial charge in [0.2, 0.25) is 0 Å². The Kier molecular flexibility index (Phi) is 6.00. The quantitative estimate of drug-likeness (QED) is 0.506. The molecule has 0 aliphatic carbocycles. The van der Waals surface area contributed by atoms with E-state index in [1.54, 1.807) is 24.5 Å². The summed E-state index contributed by atoms with van der Waals surface area (Å²) in [4.78, 5) is 23.6. The second kappa shape index (κ2) is 9.46. The summed E-state index contributed by atoms with van der Waals surface area (Å²) in [5.74, 6) is 0.720. The first kappa shape index (κ1) is 22.8. The highest BCUT2D eigenvalue weighted by atomic mass is 19.1. The van der Waals surface area contributed by atoms with E-state index in [2.05, 4.69) is 25.5 Å². The molecule has 3 aliphatic rings. The first-order valence-corrected chi connectivity index (χ1v) is 12.6. The number of carbonyl (C=O) groups excluding carboxylic acids is 1. The zero-order valence-corrected chi connectivity index (χ0v) is 20.3. The summed E-state index contributed by atoms with van der Waals surface area (Å²) in [6.45, 7) is 4.36. The molecule has 1 saturated heterocycles. The molecule has 3 N–H and O–H groups in total. The lowest BCUT2D eigenvalue weighted by Crippen LogP contribution is -2.35. The van der Waals surface area contributed by atoms with Gasteiger partial charge in [-0.2, -0.15) is 0 Å². The highest BCUT2D eigenvalue weighted by Crippen LogP contribution is 2.44. The molecule has 9 heteroatoms. The largest absolute Gasteiger partial charge is 0.492 e. The van der Waals surface area contributed by atoms with Gasteiger partial charge in [-0.3, -0.25) is 9.78 Å². The predicted octanol–water partition coefficient (Wildman–Crippen LogP) is 4.29. The highest BCUT2D eigenvalue weighted by molar-refractivity contribution is 6.07. The molecule has 3 aromatic rings. The Morgan fingerprint density at radius 3 is 3.06 bits per heavy atom. The minimum absolute atomic E-state index is 0.0911. The van der Waals surface area contributed by atoms with Crippen LogP contribution >= 0.6 is 0 Å². The number of benzene rings is 1. The maximum absolute atomic E-state index is 14.5. The fourth-order valence-electron chi connectivity index (χ4n) is 5.71. The molecule has 4 bridgehead atoms. The van der Waals surface area contributed by atoms with E-state index in [1.165, 1.54) is 13.2 Å². The Labute approximate surface area is 209 Å². The minimum atomic E-state index is -0.479. The lowest BCUT2D eigenvalue weighted by atomic mass is 9.92. The molecule has 0 radical (unpaired) electrons. The van der Waals surface area contributed by atoms with Crippen molar-refractivity contribution in [3.05, 3.63) is 53.7 Å². The van der Waals surface area contributed by atoms with Gasteiger partial charge in [-0.1, -0.05) is 6.07 Å². The van der Waals surface area contributed by atoms with Gasteiger partial charge in [0.15, 0.2) is 11.6 Å². The molecule has 3 atom stereocenters. The Balaban J connectivity index is 1.51. The molecule has 2 aromatic heterocycles. The van der Waals surface area contributed by atoms with Crippen molar-refractivity contribution in [2.45, 2.75) is 25.2 Å². The molecule has 1 amide bonds. The molecule has 36 heavy (non-hydrogen) atoms. The second-order valence-corrected chi connectivity index (χ2v) is 9.80. The molecule has 6 rings (SSSR count). The van der Waals surface area contributed by atoms with Gasteiger partial charge in [-0.15, -0.1) is 0 Å². The number of aromatic nitrogens is 2. The van der Waals surface area contributed by atoms with Crippen LogP contribution in [0.15, 0.2) is 36.7 Å². The number of nitrogens with one attached hydrogen (secondary N) is 3. The average Bonchev–Trinajstić information content (AvgIpc) is 3.49. The first-order valence-electron chi connectivity index (χ1n) is 12.6. The van der Waals surface area contributed by atoms with Gasteiger partial charge in [0.05, 0.1) is 42.5 Å². The number of rotatable bonds is 3. The van der Waals surface area contributed by atoms with Crippen LogP contribution in [0, 0.1) is 11.7 Å². The topological polar surface area (TPSA) is 91.5 Å². The number of pyridine rings is 1. The smallest absolute Gasteiger partial charge is 0.255 e. The van der Waals surface area contributed by atoms with Crippen molar-refractivity contribution in [2.24, 2.45) is 5.92 Å². The summed E-state index contributed by atoms with van der Waals surface area (Å²) in [6.07, 6.45) is 6.56. The number of halogens is 1. The van der Waals surface area contributed by atoms with Crippen molar-refractivity contribution < 1.29 is 18.7 Å². The summed E-state index contributed by atoms with van der Waals surface area (Å²) in [7, 11) is 1.43. The molecular formula is C27H30FN5O3. The van der Waals surface area contributed by atoms with Gasteiger partial charge in [0.25, 0.3) is 5.91 Å². The van der Waals surface area contributed by atoms with E-state index < -0.39 is 5.82 Å². The van der Waals surface area contributed by atoms with Gasteiger partial charge >= 0.3 is 0 Å².